The van der Waals surface area contributed by atoms with E-state index >= 15 is 0 Å². The second-order valence-electron chi connectivity index (χ2n) is 6.96. The van der Waals surface area contributed by atoms with E-state index in [1.807, 2.05) is 54.7 Å². The summed E-state index contributed by atoms with van der Waals surface area (Å²) in [6.45, 7) is 1.12. The predicted octanol–water partition coefficient (Wildman–Crippen LogP) is 3.14. The maximum absolute atomic E-state index is 12.6. The minimum atomic E-state index is -0.416. The molecule has 4 rings (SSSR count). The molecule has 0 saturated carbocycles. The van der Waals surface area contributed by atoms with E-state index in [2.05, 4.69) is 15.4 Å². The van der Waals surface area contributed by atoms with Crippen molar-refractivity contribution in [2.24, 2.45) is 0 Å². The number of nitriles is 1. The summed E-state index contributed by atoms with van der Waals surface area (Å²) in [6.07, 6.45) is 8.69. The van der Waals surface area contributed by atoms with E-state index in [1.165, 1.54) is 0 Å². The molecule has 1 aliphatic heterocycles. The summed E-state index contributed by atoms with van der Waals surface area (Å²) in [6, 6.07) is 15.4. The van der Waals surface area contributed by atoms with E-state index in [9.17, 15) is 10.1 Å². The van der Waals surface area contributed by atoms with E-state index < -0.39 is 5.91 Å². The number of nitrogens with zero attached hydrogens (tertiary/aromatic N) is 4. The zero-order chi connectivity index (χ0) is 20.8. The average Bonchev–Trinajstić information content (AvgIpc) is 3.47. The number of carbonyl (C=O) groups is 1. The molecule has 7 heteroatoms. The molecule has 7 nitrogen and oxygen atoms in total. The van der Waals surface area contributed by atoms with Gasteiger partial charge in [0.05, 0.1) is 11.8 Å². The number of carbonyl (C=O) groups excluding carboxylic acids is 1. The van der Waals surface area contributed by atoms with Crippen molar-refractivity contribution in [1.82, 2.24) is 20.1 Å². The minimum absolute atomic E-state index is 0.0158. The van der Waals surface area contributed by atoms with Gasteiger partial charge in [0.25, 0.3) is 5.91 Å². The molecule has 2 aromatic heterocycles. The molecule has 30 heavy (non-hydrogen) atoms. The van der Waals surface area contributed by atoms with Crippen LogP contribution in [-0.2, 0) is 9.53 Å². The Kier molecular flexibility index (Phi) is 5.97. The molecule has 1 aliphatic rings. The summed E-state index contributed by atoms with van der Waals surface area (Å²) in [4.78, 5) is 16.6. The maximum Gasteiger partial charge on any atom is 0.262 e. The molecular formula is C23H21N5O2. The van der Waals surface area contributed by atoms with Crippen LogP contribution in [0.1, 0.15) is 18.4 Å². The van der Waals surface area contributed by atoms with Gasteiger partial charge in [-0.2, -0.15) is 10.4 Å². The SMILES string of the molecule is N#C/C(=C\c1cn(-c2ccccc2)nc1-c1ccncc1)C(=O)NCC1CCCO1. The van der Waals surface area contributed by atoms with Crippen molar-refractivity contribution in [3.63, 3.8) is 0 Å². The van der Waals surface area contributed by atoms with Crippen LogP contribution >= 0.6 is 0 Å². The Bertz CT molecular complexity index is 1080. The fourth-order valence-electron chi connectivity index (χ4n) is 3.35. The van der Waals surface area contributed by atoms with Gasteiger partial charge in [-0.05, 0) is 43.2 Å². The first kappa shape index (κ1) is 19.6. The van der Waals surface area contributed by atoms with Gasteiger partial charge >= 0.3 is 0 Å². The topological polar surface area (TPSA) is 92.8 Å². The maximum atomic E-state index is 12.6. The molecule has 1 saturated heterocycles. The van der Waals surface area contributed by atoms with Gasteiger partial charge in [0.1, 0.15) is 17.3 Å². The molecule has 1 fully saturated rings. The molecule has 0 aliphatic carbocycles. The largest absolute Gasteiger partial charge is 0.376 e. The van der Waals surface area contributed by atoms with Gasteiger partial charge in [-0.15, -0.1) is 0 Å². The molecule has 3 aromatic rings. The van der Waals surface area contributed by atoms with E-state index in [0.29, 0.717) is 17.8 Å². The Hall–Kier alpha value is -3.76. The van der Waals surface area contributed by atoms with Crippen LogP contribution in [0.25, 0.3) is 23.0 Å². The Morgan fingerprint density at radius 2 is 2.07 bits per heavy atom. The highest BCUT2D eigenvalue weighted by atomic mass is 16.5. The second-order valence-corrected chi connectivity index (χ2v) is 6.96. The van der Waals surface area contributed by atoms with Crippen LogP contribution in [0.2, 0.25) is 0 Å². The number of amides is 1. The Labute approximate surface area is 174 Å². The van der Waals surface area contributed by atoms with Crippen LogP contribution in [0.15, 0.2) is 66.6 Å². The third kappa shape index (κ3) is 4.45. The zero-order valence-corrected chi connectivity index (χ0v) is 16.4. The lowest BCUT2D eigenvalue weighted by atomic mass is 10.1. The Morgan fingerprint density at radius 1 is 1.27 bits per heavy atom. The summed E-state index contributed by atoms with van der Waals surface area (Å²) < 4.78 is 7.26. The highest BCUT2D eigenvalue weighted by Crippen LogP contribution is 2.25. The third-order valence-electron chi connectivity index (χ3n) is 4.90. The fraction of sp³-hybridized carbons (Fsp3) is 0.217. The lowest BCUT2D eigenvalue weighted by Gasteiger charge is -2.10. The lowest BCUT2D eigenvalue weighted by molar-refractivity contribution is -0.117. The van der Waals surface area contributed by atoms with Crippen molar-refractivity contribution >= 4 is 12.0 Å². The number of para-hydroxylation sites is 1. The molecule has 1 amide bonds. The van der Waals surface area contributed by atoms with E-state index in [1.54, 1.807) is 23.2 Å². The predicted molar refractivity (Wildman–Crippen MR) is 112 cm³/mol. The lowest BCUT2D eigenvalue weighted by Crippen LogP contribution is -2.32. The molecule has 1 N–H and O–H groups in total. The first-order valence-electron chi connectivity index (χ1n) is 9.81. The van der Waals surface area contributed by atoms with Crippen molar-refractivity contribution < 1.29 is 9.53 Å². The van der Waals surface area contributed by atoms with Crippen LogP contribution in [0.4, 0.5) is 0 Å². The number of hydrogen-bond acceptors (Lipinski definition) is 5. The van der Waals surface area contributed by atoms with Gasteiger partial charge < -0.3 is 10.1 Å². The van der Waals surface area contributed by atoms with Gasteiger partial charge in [0, 0.05) is 42.9 Å². The molecule has 150 valence electrons. The van der Waals surface area contributed by atoms with Crippen LogP contribution in [0.5, 0.6) is 0 Å². The van der Waals surface area contributed by atoms with Gasteiger partial charge in [-0.25, -0.2) is 4.68 Å². The number of benzene rings is 1. The third-order valence-corrected chi connectivity index (χ3v) is 4.90. The van der Waals surface area contributed by atoms with Gasteiger partial charge in [0.15, 0.2) is 0 Å². The van der Waals surface area contributed by atoms with Gasteiger partial charge in [-0.1, -0.05) is 18.2 Å². The monoisotopic (exact) mass is 399 g/mol. The molecule has 0 spiro atoms. The Morgan fingerprint density at radius 3 is 2.77 bits per heavy atom. The number of pyridine rings is 1. The van der Waals surface area contributed by atoms with Gasteiger partial charge in [-0.3, -0.25) is 9.78 Å². The summed E-state index contributed by atoms with van der Waals surface area (Å²) in [5.41, 5.74) is 3.10. The van der Waals surface area contributed by atoms with Gasteiger partial charge in [0.2, 0.25) is 0 Å². The molecule has 0 bridgehead atoms. The number of ether oxygens (including phenoxy) is 1. The quantitative estimate of drug-likeness (QED) is 0.508. The first-order chi connectivity index (χ1) is 14.7. The second kappa shape index (κ2) is 9.16. The standard InChI is InChI=1S/C23H21N5O2/c24-14-18(23(29)26-15-21-7-4-12-30-21)13-19-16-28(20-5-2-1-3-6-20)27-22(19)17-8-10-25-11-9-17/h1-3,5-6,8-11,13,16,21H,4,7,12,15H2,(H,26,29)/b18-13+. The highest BCUT2D eigenvalue weighted by Gasteiger charge is 2.19. The van der Waals surface area contributed by atoms with E-state index in [4.69, 9.17) is 4.74 Å². The zero-order valence-electron chi connectivity index (χ0n) is 16.4. The number of nitrogens with one attached hydrogen (secondary N) is 1. The molecule has 1 atom stereocenters. The molecule has 0 radical (unpaired) electrons. The van der Waals surface area contributed by atoms with Crippen LogP contribution in [0.3, 0.4) is 0 Å². The first-order valence-corrected chi connectivity index (χ1v) is 9.81. The van der Waals surface area contributed by atoms with E-state index in [0.717, 1.165) is 30.7 Å². The number of aromatic nitrogens is 3. The molecular weight excluding hydrogens is 378 g/mol. The summed E-state index contributed by atoms with van der Waals surface area (Å²) >= 11 is 0. The molecule has 1 unspecified atom stereocenters. The van der Waals surface area contributed by atoms with Crippen LogP contribution < -0.4 is 5.32 Å². The Balaban J connectivity index is 1.66. The molecule has 1 aromatic carbocycles. The smallest absolute Gasteiger partial charge is 0.262 e. The average molecular weight is 399 g/mol. The van der Waals surface area contributed by atoms with Crippen molar-refractivity contribution in [3.05, 3.63) is 72.2 Å². The minimum Gasteiger partial charge on any atom is -0.376 e. The highest BCUT2D eigenvalue weighted by molar-refractivity contribution is 6.02. The normalized spacial score (nSPS) is 16.2. The van der Waals surface area contributed by atoms with E-state index in [-0.39, 0.29) is 11.7 Å². The van der Waals surface area contributed by atoms with Crippen molar-refractivity contribution in [3.8, 4) is 23.0 Å². The number of rotatable bonds is 6. The summed E-state index contributed by atoms with van der Waals surface area (Å²) in [7, 11) is 0. The summed E-state index contributed by atoms with van der Waals surface area (Å²) in [5.74, 6) is -0.416. The fourth-order valence-corrected chi connectivity index (χ4v) is 3.35. The number of hydrogen-bond donors (Lipinski definition) is 1. The van der Waals surface area contributed by atoms with Crippen molar-refractivity contribution in [1.29, 1.82) is 5.26 Å². The van der Waals surface area contributed by atoms with Crippen LogP contribution in [-0.4, -0.2) is 39.9 Å². The molecule has 3 heterocycles. The van der Waals surface area contributed by atoms with Crippen molar-refractivity contribution in [2.75, 3.05) is 13.2 Å². The van der Waals surface area contributed by atoms with Crippen LogP contribution in [0, 0.1) is 11.3 Å². The van der Waals surface area contributed by atoms with Crippen molar-refractivity contribution in [2.45, 2.75) is 18.9 Å². The summed E-state index contributed by atoms with van der Waals surface area (Å²) in [5, 5.41) is 17.1.